The van der Waals surface area contributed by atoms with Crippen molar-refractivity contribution in [2.45, 2.75) is 57.9 Å². The van der Waals surface area contributed by atoms with Crippen molar-refractivity contribution in [3.8, 4) is 0 Å². The van der Waals surface area contributed by atoms with Crippen molar-refractivity contribution < 1.29 is 14.4 Å². The van der Waals surface area contributed by atoms with Crippen LogP contribution in [0.3, 0.4) is 0 Å². The third-order valence-electron chi connectivity index (χ3n) is 2.70. The topological polar surface area (TPSA) is 101 Å². The fourth-order valence-electron chi connectivity index (χ4n) is 1.64. The van der Waals surface area contributed by atoms with Crippen LogP contribution in [0.1, 0.15) is 40.5 Å². The molecule has 0 heterocycles. The molecular formula is C14H27N3O3S. The predicted octanol–water partition coefficient (Wildman–Crippen LogP) is 0.445. The largest absolute Gasteiger partial charge is 0.355 e. The van der Waals surface area contributed by atoms with Crippen molar-refractivity contribution in [3.63, 3.8) is 0 Å². The maximum absolute atomic E-state index is 12.0. The first kappa shape index (κ1) is 19.9. The Morgan fingerprint density at radius 3 is 2.29 bits per heavy atom. The minimum Gasteiger partial charge on any atom is -0.355 e. The molecule has 0 bridgehead atoms. The summed E-state index contributed by atoms with van der Waals surface area (Å²) in [6.07, 6.45) is 0.461. The van der Waals surface area contributed by atoms with E-state index in [2.05, 4.69) is 10.6 Å². The highest BCUT2D eigenvalue weighted by molar-refractivity contribution is 8.00. The Bertz CT molecular complexity index is 361. The SMILES string of the molecule is CCNC(=O)C(CC(=O)NC(C)C)SC[C@@H](N)C(=O)CC. The average Bonchev–Trinajstić information content (AvgIpc) is 2.41. The van der Waals surface area contributed by atoms with Gasteiger partial charge in [0.05, 0.1) is 11.3 Å². The van der Waals surface area contributed by atoms with E-state index in [9.17, 15) is 14.4 Å². The van der Waals surface area contributed by atoms with Crippen LogP contribution in [0.15, 0.2) is 0 Å². The number of carbonyl (C=O) groups excluding carboxylic acids is 3. The van der Waals surface area contributed by atoms with Crippen LogP contribution in [0.4, 0.5) is 0 Å². The number of rotatable bonds is 10. The van der Waals surface area contributed by atoms with Crippen molar-refractivity contribution in [1.29, 1.82) is 0 Å². The van der Waals surface area contributed by atoms with Gasteiger partial charge in [0.1, 0.15) is 5.78 Å². The first-order valence-corrected chi connectivity index (χ1v) is 8.33. The van der Waals surface area contributed by atoms with E-state index in [-0.39, 0.29) is 30.1 Å². The fraction of sp³-hybridized carbons (Fsp3) is 0.786. The molecule has 1 unspecified atom stereocenters. The zero-order valence-corrected chi connectivity index (χ0v) is 14.1. The van der Waals surface area contributed by atoms with Gasteiger partial charge >= 0.3 is 0 Å². The van der Waals surface area contributed by atoms with Gasteiger partial charge in [-0.25, -0.2) is 0 Å². The summed E-state index contributed by atoms with van der Waals surface area (Å²) in [4.78, 5) is 35.3. The molecule has 0 aliphatic rings. The normalized spacial score (nSPS) is 13.6. The molecule has 0 saturated heterocycles. The number of nitrogens with one attached hydrogen (secondary N) is 2. The quantitative estimate of drug-likeness (QED) is 0.543. The summed E-state index contributed by atoms with van der Waals surface area (Å²) in [7, 11) is 0. The first-order chi connectivity index (χ1) is 9.81. The number of amides is 2. The maximum atomic E-state index is 12.0. The molecule has 2 atom stereocenters. The van der Waals surface area contributed by atoms with Crippen LogP contribution in [0.25, 0.3) is 0 Å². The van der Waals surface area contributed by atoms with Gasteiger partial charge in [0.2, 0.25) is 11.8 Å². The number of thioether (sulfide) groups is 1. The number of hydrogen-bond donors (Lipinski definition) is 3. The summed E-state index contributed by atoms with van der Waals surface area (Å²) in [5.41, 5.74) is 5.76. The summed E-state index contributed by atoms with van der Waals surface area (Å²) < 4.78 is 0. The summed E-state index contributed by atoms with van der Waals surface area (Å²) in [5.74, 6) is -0.0749. The van der Waals surface area contributed by atoms with E-state index in [1.807, 2.05) is 20.8 Å². The molecule has 0 aromatic rings. The molecule has 4 N–H and O–H groups in total. The minimum absolute atomic E-state index is 0.0290. The molecule has 21 heavy (non-hydrogen) atoms. The van der Waals surface area contributed by atoms with Gasteiger partial charge in [-0.1, -0.05) is 6.92 Å². The van der Waals surface area contributed by atoms with Gasteiger partial charge < -0.3 is 16.4 Å². The van der Waals surface area contributed by atoms with Gasteiger partial charge in [-0.05, 0) is 20.8 Å². The molecule has 2 amide bonds. The molecule has 0 aliphatic carbocycles. The summed E-state index contributed by atoms with van der Waals surface area (Å²) in [6.45, 7) is 7.80. The van der Waals surface area contributed by atoms with E-state index in [1.54, 1.807) is 6.92 Å². The molecule has 0 aromatic carbocycles. The zero-order chi connectivity index (χ0) is 16.4. The second kappa shape index (κ2) is 10.6. The molecule has 7 heteroatoms. The molecule has 6 nitrogen and oxygen atoms in total. The predicted molar refractivity (Wildman–Crippen MR) is 86.1 cm³/mol. The van der Waals surface area contributed by atoms with Gasteiger partial charge in [0, 0.05) is 31.2 Å². The fourth-order valence-corrected chi connectivity index (χ4v) is 2.77. The summed E-state index contributed by atoms with van der Waals surface area (Å²) in [6, 6.07) is -0.564. The zero-order valence-electron chi connectivity index (χ0n) is 13.3. The van der Waals surface area contributed by atoms with Gasteiger partial charge in [-0.3, -0.25) is 14.4 Å². The third-order valence-corrected chi connectivity index (χ3v) is 4.04. The lowest BCUT2D eigenvalue weighted by Crippen LogP contribution is -2.40. The molecule has 0 aromatic heterocycles. The lowest BCUT2D eigenvalue weighted by molar-refractivity contribution is -0.126. The van der Waals surface area contributed by atoms with E-state index in [0.29, 0.717) is 18.7 Å². The van der Waals surface area contributed by atoms with Gasteiger partial charge in [0.25, 0.3) is 0 Å². The van der Waals surface area contributed by atoms with Gasteiger partial charge in [0.15, 0.2) is 0 Å². The number of hydrogen-bond acceptors (Lipinski definition) is 5. The van der Waals surface area contributed by atoms with Gasteiger partial charge in [-0.2, -0.15) is 0 Å². The number of ketones is 1. The van der Waals surface area contributed by atoms with Crippen molar-refractivity contribution in [2.75, 3.05) is 12.3 Å². The van der Waals surface area contributed by atoms with Crippen molar-refractivity contribution in [2.24, 2.45) is 5.73 Å². The standard InChI is InChI=1S/C14H27N3O3S/c1-5-11(18)10(15)8-21-12(14(20)16-6-2)7-13(19)17-9(3)4/h9-10,12H,5-8,15H2,1-4H3,(H,16,20)(H,17,19)/t10-,12?/m1/s1. The lowest BCUT2D eigenvalue weighted by atomic mass is 10.2. The van der Waals surface area contributed by atoms with Crippen LogP contribution < -0.4 is 16.4 Å². The Morgan fingerprint density at radius 1 is 1.19 bits per heavy atom. The number of Topliss-reactive ketones (excluding diaryl/α,β-unsaturated/α-hetero) is 1. The smallest absolute Gasteiger partial charge is 0.233 e. The summed E-state index contributed by atoms with van der Waals surface area (Å²) >= 11 is 1.26. The van der Waals surface area contributed by atoms with E-state index >= 15 is 0 Å². The summed E-state index contributed by atoms with van der Waals surface area (Å²) in [5, 5.41) is 4.94. The molecule has 0 saturated carbocycles. The van der Waals surface area contributed by atoms with Crippen LogP contribution in [0.2, 0.25) is 0 Å². The Hall–Kier alpha value is -1.08. The average molecular weight is 317 g/mol. The molecular weight excluding hydrogens is 290 g/mol. The molecule has 0 aliphatic heterocycles. The monoisotopic (exact) mass is 317 g/mol. The van der Waals surface area contributed by atoms with Crippen LogP contribution in [0, 0.1) is 0 Å². The van der Waals surface area contributed by atoms with Gasteiger partial charge in [-0.15, -0.1) is 11.8 Å². The Balaban J connectivity index is 4.56. The van der Waals surface area contributed by atoms with Crippen LogP contribution in [-0.2, 0) is 14.4 Å². The van der Waals surface area contributed by atoms with Crippen molar-refractivity contribution in [1.82, 2.24) is 10.6 Å². The van der Waals surface area contributed by atoms with Crippen molar-refractivity contribution in [3.05, 3.63) is 0 Å². The van der Waals surface area contributed by atoms with Crippen LogP contribution >= 0.6 is 11.8 Å². The third kappa shape index (κ3) is 8.72. The Labute approximate surface area is 131 Å². The highest BCUT2D eigenvalue weighted by Crippen LogP contribution is 2.17. The van der Waals surface area contributed by atoms with Crippen LogP contribution in [-0.4, -0.2) is 47.2 Å². The minimum atomic E-state index is -0.593. The molecule has 122 valence electrons. The molecule has 0 fully saturated rings. The highest BCUT2D eigenvalue weighted by Gasteiger charge is 2.24. The Morgan fingerprint density at radius 2 is 1.81 bits per heavy atom. The molecule has 0 rings (SSSR count). The second-order valence-corrected chi connectivity index (χ2v) is 6.30. The Kier molecular flexibility index (Phi) is 10.1. The van der Waals surface area contributed by atoms with E-state index in [1.165, 1.54) is 11.8 Å². The van der Waals surface area contributed by atoms with E-state index in [4.69, 9.17) is 5.73 Å². The van der Waals surface area contributed by atoms with Crippen LogP contribution in [0.5, 0.6) is 0 Å². The lowest BCUT2D eigenvalue weighted by Gasteiger charge is -2.18. The van der Waals surface area contributed by atoms with E-state index in [0.717, 1.165) is 0 Å². The first-order valence-electron chi connectivity index (χ1n) is 7.28. The second-order valence-electron chi connectivity index (χ2n) is 5.07. The van der Waals surface area contributed by atoms with Crippen molar-refractivity contribution >= 4 is 29.4 Å². The molecule has 0 radical (unpaired) electrons. The molecule has 0 spiro atoms. The number of nitrogens with two attached hydrogens (primary N) is 1. The number of carbonyl (C=O) groups is 3. The van der Waals surface area contributed by atoms with E-state index < -0.39 is 11.3 Å². The highest BCUT2D eigenvalue weighted by atomic mass is 32.2. The maximum Gasteiger partial charge on any atom is 0.233 e.